The molecule has 126 heavy (non-hydrogen) atoms. The standard InChI is InChI=1S/C102H174N6O18/c1-7-13-19-25-31-37-43-49-55-61-97(115)121-85-91(109)79-103-67-69-104(80-92(110)86-122-98(116)62-56-50-44-38-32-26-20-14-8-2)71-73-106(82-94(112)88-124-100(118)64-58-52-46-40-34-28-22-16-10-4)75-77-108(84-96(114)90-126-102(120)66-60-54-48-42-36-30-24-18-12-6)78-76-107(83-95(113)89-125-101(119)65-59-53-47-41-35-29-23-17-11-5)74-72-105(70-68-103)81-93(111)87-123-99(117)63-57-51-45-39-33-27-21-15-9-3/h7-18,25-36,91-96,109-114H,19-24,37-90H2,1-6H3/b13-7-,14-8-,15-9-,16-10-,17-11-,18-12-,31-25-,32-26-,33-27-,34-28-,35-29-,36-30-. The van der Waals surface area contributed by atoms with E-state index in [0.717, 1.165) is 154 Å². The van der Waals surface area contributed by atoms with Crippen LogP contribution >= 0.6 is 0 Å². The molecule has 1 rings (SSSR count). The third-order valence-corrected chi connectivity index (χ3v) is 21.4. The fourth-order valence-corrected chi connectivity index (χ4v) is 14.0. The van der Waals surface area contributed by atoms with Crippen molar-refractivity contribution < 1.29 is 87.8 Å². The maximum Gasteiger partial charge on any atom is 0.305 e. The van der Waals surface area contributed by atoms with Gasteiger partial charge in [0.2, 0.25) is 0 Å². The molecule has 1 saturated heterocycles. The van der Waals surface area contributed by atoms with Crippen molar-refractivity contribution in [1.82, 2.24) is 29.4 Å². The van der Waals surface area contributed by atoms with Crippen molar-refractivity contribution in [3.8, 4) is 0 Å². The molecule has 0 aromatic heterocycles. The Kier molecular flexibility index (Phi) is 80.3. The molecule has 6 unspecified atom stereocenters. The Balaban J connectivity index is 4.10. The fourth-order valence-electron chi connectivity index (χ4n) is 14.0. The first-order chi connectivity index (χ1) is 61.3. The smallest absolute Gasteiger partial charge is 0.305 e. The molecule has 1 aliphatic rings. The van der Waals surface area contributed by atoms with Gasteiger partial charge in [-0.15, -0.1) is 0 Å². The molecular formula is C102H174N6O18. The number of carbonyl (C=O) groups excluding carboxylic acids is 6. The van der Waals surface area contributed by atoms with E-state index < -0.39 is 72.4 Å². The van der Waals surface area contributed by atoms with Crippen molar-refractivity contribution in [2.45, 2.75) is 309 Å². The number of esters is 6. The predicted octanol–water partition coefficient (Wildman–Crippen LogP) is 16.1. The summed E-state index contributed by atoms with van der Waals surface area (Å²) in [7, 11) is 0. The number of nitrogens with zero attached hydrogens (tertiary/aromatic N) is 6. The summed E-state index contributed by atoms with van der Waals surface area (Å²) in [5.74, 6) is -2.50. The van der Waals surface area contributed by atoms with Gasteiger partial charge in [-0.1, -0.05) is 184 Å². The van der Waals surface area contributed by atoms with Crippen LogP contribution < -0.4 is 0 Å². The molecule has 0 saturated carbocycles. The van der Waals surface area contributed by atoms with E-state index in [2.05, 4.69) is 109 Å². The van der Waals surface area contributed by atoms with Gasteiger partial charge in [0.05, 0.1) is 0 Å². The van der Waals surface area contributed by atoms with Gasteiger partial charge in [-0.25, -0.2) is 0 Å². The Labute approximate surface area is 761 Å². The number of aliphatic hydroxyl groups excluding tert-OH is 6. The largest absolute Gasteiger partial charge is 0.463 e. The van der Waals surface area contributed by atoms with Crippen molar-refractivity contribution in [3.05, 3.63) is 146 Å². The minimum absolute atomic E-state index is 0.0432. The first kappa shape index (κ1) is 117. The quantitative estimate of drug-likeness (QED) is 0.0143. The first-order valence-corrected chi connectivity index (χ1v) is 48.3. The van der Waals surface area contributed by atoms with Gasteiger partial charge in [-0.2, -0.15) is 0 Å². The highest BCUT2D eigenvalue weighted by molar-refractivity contribution is 5.71. The number of rotatable bonds is 72. The molecule has 0 amide bonds. The normalized spacial score (nSPS) is 16.7. The summed E-state index contributed by atoms with van der Waals surface area (Å²) >= 11 is 0. The van der Waals surface area contributed by atoms with Gasteiger partial charge < -0.3 is 59.1 Å². The van der Waals surface area contributed by atoms with Crippen LogP contribution in [0.25, 0.3) is 0 Å². The van der Waals surface area contributed by atoms with Crippen LogP contribution in [0.4, 0.5) is 0 Å². The molecular weight excluding hydrogens is 1600 g/mol. The monoisotopic (exact) mass is 1770 g/mol. The molecule has 24 heteroatoms. The van der Waals surface area contributed by atoms with E-state index in [1.807, 2.05) is 107 Å². The average Bonchev–Trinajstić information content (AvgIpc) is 0.880. The molecule has 0 radical (unpaired) electrons. The third kappa shape index (κ3) is 77.2. The van der Waals surface area contributed by atoms with Crippen LogP contribution in [0, 0.1) is 0 Å². The van der Waals surface area contributed by atoms with Crippen LogP contribution in [0.1, 0.15) is 273 Å². The maximum atomic E-state index is 13.3. The average molecular weight is 1770 g/mol. The van der Waals surface area contributed by atoms with Gasteiger partial charge >= 0.3 is 35.8 Å². The Morgan fingerprint density at radius 2 is 0.341 bits per heavy atom. The summed E-state index contributed by atoms with van der Waals surface area (Å²) in [6.45, 7) is 14.0. The summed E-state index contributed by atoms with van der Waals surface area (Å²) in [5.41, 5.74) is 0. The Morgan fingerprint density at radius 1 is 0.206 bits per heavy atom. The summed E-state index contributed by atoms with van der Waals surface area (Å²) in [6.07, 6.45) is 69.7. The minimum atomic E-state index is -1.14. The van der Waals surface area contributed by atoms with Crippen LogP contribution in [-0.4, -0.2) is 290 Å². The van der Waals surface area contributed by atoms with Gasteiger partial charge in [-0.3, -0.25) is 58.2 Å². The molecule has 720 valence electrons. The van der Waals surface area contributed by atoms with Crippen molar-refractivity contribution in [2.24, 2.45) is 0 Å². The van der Waals surface area contributed by atoms with Crippen molar-refractivity contribution in [2.75, 3.05) is 157 Å². The van der Waals surface area contributed by atoms with Crippen molar-refractivity contribution in [3.63, 3.8) is 0 Å². The van der Waals surface area contributed by atoms with Gasteiger partial charge in [-0.05, 0) is 196 Å². The zero-order chi connectivity index (χ0) is 92.0. The number of carbonyl (C=O) groups is 6. The van der Waals surface area contributed by atoms with E-state index in [-0.39, 0.29) is 196 Å². The van der Waals surface area contributed by atoms with Crippen LogP contribution in [-0.2, 0) is 57.2 Å². The number of hydrogen-bond donors (Lipinski definition) is 6. The lowest BCUT2D eigenvalue weighted by Crippen LogP contribution is -2.51. The summed E-state index contributed by atoms with van der Waals surface area (Å²) < 4.78 is 34.4. The number of ether oxygens (including phenoxy) is 6. The van der Waals surface area contributed by atoms with Crippen LogP contribution in [0.3, 0.4) is 0 Å². The Bertz CT molecular complexity index is 2520. The van der Waals surface area contributed by atoms with E-state index in [1.165, 1.54) is 0 Å². The Hall–Kier alpha value is -6.78. The van der Waals surface area contributed by atoms with E-state index in [1.54, 1.807) is 0 Å². The number of allylic oxidation sites excluding steroid dienone is 24. The molecule has 0 aliphatic carbocycles. The second-order valence-corrected chi connectivity index (χ2v) is 33.1. The second-order valence-electron chi connectivity index (χ2n) is 33.1. The number of β-amino-alcohol motifs (C(OH)–C–C–N with tert-alkyl or cyclic N) is 6. The molecule has 0 aromatic rings. The minimum Gasteiger partial charge on any atom is -0.463 e. The lowest BCUT2D eigenvalue weighted by atomic mass is 10.1. The molecule has 0 aromatic carbocycles. The SMILES string of the molecule is C/C=C\C/C=C\CCCCCC(=O)OCC(O)CN1CCN(CC(O)COC(=O)CCCCC/C=C\C/C=C\C)CCN(CC(O)COC(=O)CCCCC/C=C\C/C=C\C)CCN(CC(O)COC(=O)CCCCC/C=C\C/C=C\C)CCN(CC(O)COC(=O)CCCCC/C=C\C/C=C\C)CCN(CC(O)COC(=O)CCCCC/C=C\C/C=C\C)CC1. The van der Waals surface area contributed by atoms with Crippen LogP contribution in [0.5, 0.6) is 0 Å². The molecule has 6 atom stereocenters. The van der Waals surface area contributed by atoms with Gasteiger partial charge in [0, 0.05) is 156 Å². The van der Waals surface area contributed by atoms with E-state index >= 15 is 0 Å². The zero-order valence-electron chi connectivity index (χ0n) is 79.0. The summed E-state index contributed by atoms with van der Waals surface area (Å²) in [5, 5.41) is 71.5. The first-order valence-electron chi connectivity index (χ1n) is 48.3. The van der Waals surface area contributed by atoms with Crippen LogP contribution in [0.15, 0.2) is 146 Å². The van der Waals surface area contributed by atoms with Crippen LogP contribution in [0.2, 0.25) is 0 Å². The number of hydrogen-bond acceptors (Lipinski definition) is 24. The third-order valence-electron chi connectivity index (χ3n) is 21.4. The maximum absolute atomic E-state index is 13.3. The van der Waals surface area contributed by atoms with Gasteiger partial charge in [0.1, 0.15) is 76.3 Å². The van der Waals surface area contributed by atoms with Crippen molar-refractivity contribution >= 4 is 35.8 Å². The summed E-state index contributed by atoms with van der Waals surface area (Å²) in [4.78, 5) is 91.9. The number of aliphatic hydroxyl groups is 6. The second kappa shape index (κ2) is 86.3. The van der Waals surface area contributed by atoms with Crippen molar-refractivity contribution in [1.29, 1.82) is 0 Å². The molecule has 0 spiro atoms. The zero-order valence-corrected chi connectivity index (χ0v) is 79.0. The molecule has 1 fully saturated rings. The van der Waals surface area contributed by atoms with E-state index in [4.69, 9.17) is 28.4 Å². The highest BCUT2D eigenvalue weighted by Gasteiger charge is 2.26. The Morgan fingerprint density at radius 3 is 0.468 bits per heavy atom. The lowest BCUT2D eigenvalue weighted by Gasteiger charge is -2.36. The molecule has 1 aliphatic heterocycles. The van der Waals surface area contributed by atoms with Gasteiger partial charge in [0.15, 0.2) is 0 Å². The molecule has 6 N–H and O–H groups in total. The highest BCUT2D eigenvalue weighted by Crippen LogP contribution is 2.16. The predicted molar refractivity (Wildman–Crippen MR) is 510 cm³/mol. The van der Waals surface area contributed by atoms with Gasteiger partial charge in [0.25, 0.3) is 0 Å². The number of unbranched alkanes of at least 4 members (excludes halogenated alkanes) is 18. The molecule has 1 heterocycles. The fraction of sp³-hybridized carbons (Fsp3) is 0.706. The van der Waals surface area contributed by atoms with E-state index in [0.29, 0.717) is 38.5 Å². The topological polar surface area (TPSA) is 299 Å². The lowest BCUT2D eigenvalue weighted by molar-refractivity contribution is -0.148. The highest BCUT2D eigenvalue weighted by atomic mass is 16.6. The van der Waals surface area contributed by atoms with E-state index in [9.17, 15) is 59.4 Å². The molecule has 0 bridgehead atoms. The molecule has 24 nitrogen and oxygen atoms in total. The summed E-state index contributed by atoms with van der Waals surface area (Å²) in [6, 6.07) is 0.